The summed E-state index contributed by atoms with van der Waals surface area (Å²) in [7, 11) is 0. The standard InChI is InChI=1S/C20H26N4O/c1-5-15-8-6-7-12(2)17(15)10-22-18-9-16(19(21)25)11-24-14(4)13(3)23-20(18)24/h6-9,22-23H,5,10-11H2,1-4H3,(H2,21,25). The summed E-state index contributed by atoms with van der Waals surface area (Å²) in [5.74, 6) is 0.618. The second-order valence-electron chi connectivity index (χ2n) is 6.64. The SMILES string of the molecule is CCc1cccc(C)c1CNC1=C2NC(C)=C(C)N2CC(C(N)=O)=C1. The summed E-state index contributed by atoms with van der Waals surface area (Å²) < 4.78 is 0. The molecule has 132 valence electrons. The van der Waals surface area contributed by atoms with Gasteiger partial charge in [-0.25, -0.2) is 0 Å². The van der Waals surface area contributed by atoms with Crippen LogP contribution in [0.25, 0.3) is 0 Å². The Bertz CT molecular complexity index is 817. The van der Waals surface area contributed by atoms with E-state index in [9.17, 15) is 4.79 Å². The molecular weight excluding hydrogens is 312 g/mol. The number of nitrogens with zero attached hydrogens (tertiary/aromatic N) is 1. The number of fused-ring (bicyclic) bond motifs is 1. The largest absolute Gasteiger partial charge is 0.378 e. The Morgan fingerprint density at radius 1 is 1.32 bits per heavy atom. The molecule has 0 saturated heterocycles. The highest BCUT2D eigenvalue weighted by molar-refractivity contribution is 5.93. The van der Waals surface area contributed by atoms with Crippen LogP contribution >= 0.6 is 0 Å². The van der Waals surface area contributed by atoms with Gasteiger partial charge in [0, 0.05) is 23.5 Å². The van der Waals surface area contributed by atoms with Gasteiger partial charge in [0.25, 0.3) is 0 Å². The molecule has 25 heavy (non-hydrogen) atoms. The van der Waals surface area contributed by atoms with Gasteiger partial charge in [0.15, 0.2) is 0 Å². The van der Waals surface area contributed by atoms with Crippen molar-refractivity contribution in [2.75, 3.05) is 6.54 Å². The summed E-state index contributed by atoms with van der Waals surface area (Å²) >= 11 is 0. The van der Waals surface area contributed by atoms with Crippen molar-refractivity contribution >= 4 is 5.91 Å². The second kappa shape index (κ2) is 6.67. The number of allylic oxidation sites excluding steroid dienone is 3. The number of nitrogens with one attached hydrogen (secondary N) is 2. The number of nitrogens with two attached hydrogens (primary N) is 1. The molecule has 2 aliphatic rings. The average molecular weight is 338 g/mol. The summed E-state index contributed by atoms with van der Waals surface area (Å²) in [6.07, 6.45) is 2.87. The van der Waals surface area contributed by atoms with E-state index in [0.717, 1.165) is 29.3 Å². The fraction of sp³-hybridized carbons (Fsp3) is 0.350. The summed E-state index contributed by atoms with van der Waals surface area (Å²) in [6, 6.07) is 6.40. The predicted molar refractivity (Wildman–Crippen MR) is 99.9 cm³/mol. The topological polar surface area (TPSA) is 70.4 Å². The molecule has 1 aromatic carbocycles. The van der Waals surface area contributed by atoms with Gasteiger partial charge in [-0.2, -0.15) is 0 Å². The third-order valence-corrected chi connectivity index (χ3v) is 5.09. The van der Waals surface area contributed by atoms with E-state index in [1.54, 1.807) is 0 Å². The number of hydrogen-bond acceptors (Lipinski definition) is 4. The first-order chi connectivity index (χ1) is 11.9. The van der Waals surface area contributed by atoms with E-state index in [0.29, 0.717) is 18.7 Å². The zero-order valence-electron chi connectivity index (χ0n) is 15.4. The predicted octanol–water partition coefficient (Wildman–Crippen LogP) is 2.40. The number of benzene rings is 1. The molecule has 1 aromatic rings. The smallest absolute Gasteiger partial charge is 0.246 e. The van der Waals surface area contributed by atoms with E-state index >= 15 is 0 Å². The minimum absolute atomic E-state index is 0.374. The van der Waals surface area contributed by atoms with Crippen molar-refractivity contribution in [2.24, 2.45) is 5.73 Å². The summed E-state index contributed by atoms with van der Waals surface area (Å²) in [5, 5.41) is 6.94. The maximum Gasteiger partial charge on any atom is 0.246 e. The van der Waals surface area contributed by atoms with Crippen LogP contribution in [0.4, 0.5) is 0 Å². The average Bonchev–Trinajstić information content (AvgIpc) is 2.88. The third-order valence-electron chi connectivity index (χ3n) is 5.09. The van der Waals surface area contributed by atoms with Crippen LogP contribution in [0, 0.1) is 6.92 Å². The van der Waals surface area contributed by atoms with Gasteiger partial charge >= 0.3 is 0 Å². The van der Waals surface area contributed by atoms with Crippen molar-refractivity contribution in [2.45, 2.75) is 40.7 Å². The molecule has 0 atom stereocenters. The lowest BCUT2D eigenvalue weighted by atomic mass is 10.00. The lowest BCUT2D eigenvalue weighted by molar-refractivity contribution is -0.114. The highest BCUT2D eigenvalue weighted by Gasteiger charge is 2.29. The zero-order valence-corrected chi connectivity index (χ0v) is 15.4. The van der Waals surface area contributed by atoms with Crippen molar-refractivity contribution in [1.29, 1.82) is 0 Å². The molecule has 0 unspecified atom stereocenters. The molecule has 3 rings (SSSR count). The highest BCUT2D eigenvalue weighted by atomic mass is 16.1. The van der Waals surface area contributed by atoms with Gasteiger partial charge in [0.05, 0.1) is 12.2 Å². The third kappa shape index (κ3) is 3.14. The minimum atomic E-state index is -0.374. The van der Waals surface area contributed by atoms with Crippen LogP contribution in [-0.4, -0.2) is 17.4 Å². The number of rotatable bonds is 5. The molecule has 1 amide bonds. The molecule has 2 aliphatic heterocycles. The summed E-state index contributed by atoms with van der Waals surface area (Å²) in [5.41, 5.74) is 13.2. The normalized spacial score (nSPS) is 16.6. The van der Waals surface area contributed by atoms with Crippen molar-refractivity contribution in [3.63, 3.8) is 0 Å². The number of carbonyl (C=O) groups is 1. The molecule has 0 bridgehead atoms. The van der Waals surface area contributed by atoms with Gasteiger partial charge in [0.2, 0.25) is 5.91 Å². The van der Waals surface area contributed by atoms with Gasteiger partial charge in [-0.15, -0.1) is 0 Å². The molecule has 0 fully saturated rings. The van der Waals surface area contributed by atoms with E-state index in [1.807, 2.05) is 19.9 Å². The van der Waals surface area contributed by atoms with Crippen LogP contribution in [0.5, 0.6) is 0 Å². The quantitative estimate of drug-likeness (QED) is 0.771. The molecule has 0 aromatic heterocycles. The molecule has 0 radical (unpaired) electrons. The number of hydrogen-bond donors (Lipinski definition) is 3. The van der Waals surface area contributed by atoms with Crippen LogP contribution in [-0.2, 0) is 17.8 Å². The first-order valence-electron chi connectivity index (χ1n) is 8.70. The fourth-order valence-electron chi connectivity index (χ4n) is 3.39. The number of amides is 1. The highest BCUT2D eigenvalue weighted by Crippen LogP contribution is 2.29. The van der Waals surface area contributed by atoms with Crippen LogP contribution in [0.15, 0.2) is 52.8 Å². The maximum atomic E-state index is 11.7. The van der Waals surface area contributed by atoms with E-state index < -0.39 is 0 Å². The van der Waals surface area contributed by atoms with Gasteiger partial charge in [-0.1, -0.05) is 25.1 Å². The van der Waals surface area contributed by atoms with E-state index in [2.05, 4.69) is 47.6 Å². The van der Waals surface area contributed by atoms with Gasteiger partial charge in [0.1, 0.15) is 5.82 Å². The van der Waals surface area contributed by atoms with Crippen LogP contribution in [0.1, 0.15) is 37.5 Å². The molecule has 5 heteroatoms. The van der Waals surface area contributed by atoms with Crippen molar-refractivity contribution < 1.29 is 4.79 Å². The molecule has 5 nitrogen and oxygen atoms in total. The first-order valence-corrected chi connectivity index (χ1v) is 8.70. The summed E-state index contributed by atoms with van der Waals surface area (Å²) in [4.78, 5) is 13.9. The number of aryl methyl sites for hydroxylation is 2. The van der Waals surface area contributed by atoms with Crippen molar-refractivity contribution in [1.82, 2.24) is 15.5 Å². The van der Waals surface area contributed by atoms with Crippen LogP contribution < -0.4 is 16.4 Å². The molecule has 0 aliphatic carbocycles. The molecule has 0 saturated carbocycles. The van der Waals surface area contributed by atoms with E-state index in [-0.39, 0.29) is 5.91 Å². The molecule has 0 spiro atoms. The van der Waals surface area contributed by atoms with Crippen LogP contribution in [0.3, 0.4) is 0 Å². The zero-order chi connectivity index (χ0) is 18.1. The Hall–Kier alpha value is -2.69. The Labute approximate surface area is 149 Å². The van der Waals surface area contributed by atoms with Gasteiger partial charge in [-0.05, 0) is 50.0 Å². The lowest BCUT2D eigenvalue weighted by Gasteiger charge is -2.28. The second-order valence-corrected chi connectivity index (χ2v) is 6.64. The molecule has 2 heterocycles. The first kappa shape index (κ1) is 17.1. The van der Waals surface area contributed by atoms with Crippen LogP contribution in [0.2, 0.25) is 0 Å². The monoisotopic (exact) mass is 338 g/mol. The Morgan fingerprint density at radius 2 is 2.08 bits per heavy atom. The van der Waals surface area contributed by atoms with Gasteiger partial charge in [-0.3, -0.25) is 4.79 Å². The van der Waals surface area contributed by atoms with Crippen molar-refractivity contribution in [3.05, 3.63) is 69.5 Å². The maximum absolute atomic E-state index is 11.7. The van der Waals surface area contributed by atoms with Crippen molar-refractivity contribution in [3.8, 4) is 0 Å². The van der Waals surface area contributed by atoms with Gasteiger partial charge < -0.3 is 21.3 Å². The Kier molecular flexibility index (Phi) is 4.57. The molecule has 4 N–H and O–H groups in total. The lowest BCUT2D eigenvalue weighted by Crippen LogP contribution is -2.35. The van der Waals surface area contributed by atoms with E-state index in [1.165, 1.54) is 16.7 Å². The minimum Gasteiger partial charge on any atom is -0.378 e. The summed E-state index contributed by atoms with van der Waals surface area (Å²) in [6.45, 7) is 9.62. The fourth-order valence-corrected chi connectivity index (χ4v) is 3.39. The molecular formula is C20H26N4O. The van der Waals surface area contributed by atoms with E-state index in [4.69, 9.17) is 5.73 Å². The Morgan fingerprint density at radius 3 is 2.76 bits per heavy atom. The number of primary amides is 1. The number of carbonyl (C=O) groups excluding carboxylic acids is 1. The Balaban J connectivity index is 1.91.